The minimum absolute atomic E-state index is 0.624. The normalized spacial score (nSPS) is 11.6. The van der Waals surface area contributed by atoms with Crippen LogP contribution in [0.15, 0.2) is 47.0 Å². The molecule has 0 unspecified atom stereocenters. The summed E-state index contributed by atoms with van der Waals surface area (Å²) < 4.78 is 0. The zero-order chi connectivity index (χ0) is 11.2. The number of nitrogens with zero attached hydrogens (tertiary/aromatic N) is 2. The average molecular weight is 231 g/mol. The summed E-state index contributed by atoms with van der Waals surface area (Å²) in [5.41, 5.74) is 7.03. The highest BCUT2D eigenvalue weighted by atomic mass is 32.1. The Labute approximate surface area is 98.7 Å². The van der Waals surface area contributed by atoms with Gasteiger partial charge in [-0.2, -0.15) is 0 Å². The first-order chi connectivity index (χ1) is 7.86. The van der Waals surface area contributed by atoms with Crippen molar-refractivity contribution in [2.24, 2.45) is 10.7 Å². The highest BCUT2D eigenvalue weighted by Crippen LogP contribution is 2.07. The number of pyridine rings is 1. The summed E-state index contributed by atoms with van der Waals surface area (Å²) in [6, 6.07) is 7.93. The Morgan fingerprint density at radius 2 is 2.31 bits per heavy atom. The molecule has 16 heavy (non-hydrogen) atoms. The zero-order valence-electron chi connectivity index (χ0n) is 8.84. The average Bonchev–Trinajstić information content (AvgIpc) is 2.84. The van der Waals surface area contributed by atoms with Crippen LogP contribution in [0.25, 0.3) is 0 Å². The third-order valence-corrected chi connectivity index (χ3v) is 3.07. The first kappa shape index (κ1) is 10.8. The van der Waals surface area contributed by atoms with E-state index in [1.54, 1.807) is 17.5 Å². The van der Waals surface area contributed by atoms with E-state index in [1.165, 1.54) is 5.56 Å². The van der Waals surface area contributed by atoms with Crippen molar-refractivity contribution >= 4 is 17.2 Å². The lowest BCUT2D eigenvalue weighted by Gasteiger charge is -1.98. The lowest BCUT2D eigenvalue weighted by atomic mass is 10.2. The Morgan fingerprint density at radius 3 is 3.00 bits per heavy atom. The van der Waals surface area contributed by atoms with E-state index in [0.29, 0.717) is 12.4 Å². The van der Waals surface area contributed by atoms with Gasteiger partial charge < -0.3 is 5.73 Å². The highest BCUT2D eigenvalue weighted by molar-refractivity contribution is 7.12. The molecule has 0 aliphatic rings. The SMILES string of the molecule is NC(=NCCc1cccnc1)c1cccs1. The van der Waals surface area contributed by atoms with Gasteiger partial charge in [0.1, 0.15) is 5.84 Å². The molecule has 0 aliphatic carbocycles. The molecule has 0 saturated carbocycles. The molecule has 0 aromatic carbocycles. The third kappa shape index (κ3) is 2.90. The van der Waals surface area contributed by atoms with Crippen LogP contribution < -0.4 is 5.73 Å². The molecule has 0 radical (unpaired) electrons. The number of aromatic nitrogens is 1. The van der Waals surface area contributed by atoms with E-state index in [9.17, 15) is 0 Å². The minimum atomic E-state index is 0.624. The molecule has 0 aliphatic heterocycles. The summed E-state index contributed by atoms with van der Waals surface area (Å²) in [6.45, 7) is 0.704. The van der Waals surface area contributed by atoms with Crippen molar-refractivity contribution in [2.45, 2.75) is 6.42 Å². The third-order valence-electron chi connectivity index (χ3n) is 2.18. The summed E-state index contributed by atoms with van der Waals surface area (Å²) in [6.07, 6.45) is 4.50. The molecule has 82 valence electrons. The van der Waals surface area contributed by atoms with Crippen molar-refractivity contribution in [1.82, 2.24) is 4.98 Å². The molecule has 0 fully saturated rings. The molecule has 0 saturated heterocycles. The first-order valence-electron chi connectivity index (χ1n) is 5.09. The van der Waals surface area contributed by atoms with Gasteiger partial charge in [-0.3, -0.25) is 9.98 Å². The maximum absolute atomic E-state index is 5.85. The van der Waals surface area contributed by atoms with E-state index >= 15 is 0 Å². The zero-order valence-corrected chi connectivity index (χ0v) is 9.65. The van der Waals surface area contributed by atoms with Crippen molar-refractivity contribution in [3.8, 4) is 0 Å². The molecule has 2 aromatic rings. The van der Waals surface area contributed by atoms with Gasteiger partial charge in [0.15, 0.2) is 0 Å². The van der Waals surface area contributed by atoms with Gasteiger partial charge in [0.25, 0.3) is 0 Å². The molecule has 0 amide bonds. The lowest BCUT2D eigenvalue weighted by molar-refractivity contribution is 0.956. The molecular formula is C12H13N3S. The van der Waals surface area contributed by atoms with Crippen LogP contribution in [0, 0.1) is 0 Å². The fourth-order valence-electron chi connectivity index (χ4n) is 1.35. The molecule has 2 aromatic heterocycles. The monoisotopic (exact) mass is 231 g/mol. The van der Waals surface area contributed by atoms with Crippen molar-refractivity contribution in [1.29, 1.82) is 0 Å². The molecule has 2 N–H and O–H groups in total. The number of aliphatic imine (C=N–C) groups is 1. The molecular weight excluding hydrogens is 218 g/mol. The second-order valence-electron chi connectivity index (χ2n) is 3.36. The maximum atomic E-state index is 5.85. The topological polar surface area (TPSA) is 51.3 Å². The Balaban J connectivity index is 1.90. The van der Waals surface area contributed by atoms with Crippen LogP contribution in [-0.2, 0) is 6.42 Å². The predicted octanol–water partition coefficient (Wildman–Crippen LogP) is 2.09. The number of rotatable bonds is 4. The number of thiophene rings is 1. The van der Waals surface area contributed by atoms with Crippen molar-refractivity contribution in [2.75, 3.05) is 6.54 Å². The van der Waals surface area contributed by atoms with E-state index in [2.05, 4.69) is 9.98 Å². The van der Waals surface area contributed by atoms with Crippen LogP contribution >= 0.6 is 11.3 Å². The van der Waals surface area contributed by atoms with Gasteiger partial charge in [0.05, 0.1) is 4.88 Å². The van der Waals surface area contributed by atoms with Gasteiger partial charge in [-0.15, -0.1) is 11.3 Å². The maximum Gasteiger partial charge on any atom is 0.135 e. The van der Waals surface area contributed by atoms with E-state index in [1.807, 2.05) is 35.8 Å². The van der Waals surface area contributed by atoms with Gasteiger partial charge in [0, 0.05) is 18.9 Å². The number of nitrogens with two attached hydrogens (primary N) is 1. The minimum Gasteiger partial charge on any atom is -0.383 e. The van der Waals surface area contributed by atoms with Gasteiger partial charge in [0.2, 0.25) is 0 Å². The summed E-state index contributed by atoms with van der Waals surface area (Å²) in [7, 11) is 0. The summed E-state index contributed by atoms with van der Waals surface area (Å²) in [5.74, 6) is 0.624. The van der Waals surface area contributed by atoms with E-state index in [-0.39, 0.29) is 0 Å². The molecule has 0 spiro atoms. The van der Waals surface area contributed by atoms with Crippen LogP contribution in [0.4, 0.5) is 0 Å². The predicted molar refractivity (Wildman–Crippen MR) is 67.9 cm³/mol. The van der Waals surface area contributed by atoms with Crippen LogP contribution in [0.3, 0.4) is 0 Å². The number of hydrogen-bond acceptors (Lipinski definition) is 3. The molecule has 2 heterocycles. The van der Waals surface area contributed by atoms with E-state index in [0.717, 1.165) is 11.3 Å². The molecule has 0 bridgehead atoms. The largest absolute Gasteiger partial charge is 0.383 e. The molecule has 2 rings (SSSR count). The Morgan fingerprint density at radius 1 is 1.38 bits per heavy atom. The standard InChI is InChI=1S/C12H13N3S/c13-12(11-4-2-8-16-11)15-7-5-10-3-1-6-14-9-10/h1-4,6,8-9H,5,7H2,(H2,13,15). The molecule has 4 heteroatoms. The smallest absolute Gasteiger partial charge is 0.135 e. The van der Waals surface area contributed by atoms with Gasteiger partial charge in [-0.1, -0.05) is 12.1 Å². The van der Waals surface area contributed by atoms with Crippen LogP contribution in [0.5, 0.6) is 0 Å². The fraction of sp³-hybridized carbons (Fsp3) is 0.167. The second kappa shape index (κ2) is 5.42. The van der Waals surface area contributed by atoms with Crippen LogP contribution in [0.1, 0.15) is 10.4 Å². The highest BCUT2D eigenvalue weighted by Gasteiger charge is 1.98. The second-order valence-corrected chi connectivity index (χ2v) is 4.30. The number of hydrogen-bond donors (Lipinski definition) is 1. The van der Waals surface area contributed by atoms with Gasteiger partial charge in [-0.25, -0.2) is 0 Å². The first-order valence-corrected chi connectivity index (χ1v) is 5.97. The number of amidine groups is 1. The molecule has 0 atom stereocenters. The molecule has 3 nitrogen and oxygen atoms in total. The Bertz CT molecular complexity index is 448. The lowest BCUT2D eigenvalue weighted by Crippen LogP contribution is -2.12. The fourth-order valence-corrected chi connectivity index (χ4v) is 2.00. The van der Waals surface area contributed by atoms with E-state index in [4.69, 9.17) is 5.73 Å². The van der Waals surface area contributed by atoms with Gasteiger partial charge >= 0.3 is 0 Å². The van der Waals surface area contributed by atoms with Crippen molar-refractivity contribution in [3.05, 3.63) is 52.5 Å². The van der Waals surface area contributed by atoms with Crippen molar-refractivity contribution < 1.29 is 0 Å². The summed E-state index contributed by atoms with van der Waals surface area (Å²) in [4.78, 5) is 9.43. The van der Waals surface area contributed by atoms with Gasteiger partial charge in [-0.05, 0) is 29.5 Å². The van der Waals surface area contributed by atoms with Crippen LogP contribution in [0.2, 0.25) is 0 Å². The summed E-state index contributed by atoms with van der Waals surface area (Å²) >= 11 is 1.61. The Hall–Kier alpha value is -1.68. The van der Waals surface area contributed by atoms with E-state index < -0.39 is 0 Å². The summed E-state index contributed by atoms with van der Waals surface area (Å²) in [5, 5.41) is 2.00. The Kier molecular flexibility index (Phi) is 3.66. The quantitative estimate of drug-likeness (QED) is 0.647. The van der Waals surface area contributed by atoms with Crippen molar-refractivity contribution in [3.63, 3.8) is 0 Å². The van der Waals surface area contributed by atoms with Crippen LogP contribution in [-0.4, -0.2) is 17.4 Å².